The number of hydrogen-bond donors (Lipinski definition) is 0. The van der Waals surface area contributed by atoms with Gasteiger partial charge >= 0.3 is 36.8 Å². The number of carbonyl (C=O) groups excluding carboxylic acids is 1. The molecule has 2 heteroatoms. The van der Waals surface area contributed by atoms with Crippen LogP contribution in [-0.2, 0) is 25.9 Å². The molecule has 0 N–H and O–H groups in total. The zero-order chi connectivity index (χ0) is 3.58. The van der Waals surface area contributed by atoms with Crippen LogP contribution in [0.25, 0.3) is 0 Å². The molecule has 0 aliphatic rings. The van der Waals surface area contributed by atoms with Gasteiger partial charge in [0.05, 0.1) is 0 Å². The molecule has 0 amide bonds. The first-order chi connectivity index (χ1) is 1.73. The number of hydrogen-bond acceptors (Lipinski definition) is 1. The standard InChI is InChI=1S/C2H3O.Ta/c1-2-3;/h1H3;. The predicted octanol–water partition coefficient (Wildman–Crippen LogP) is 0.0797. The van der Waals surface area contributed by atoms with E-state index in [1.54, 1.807) is 6.92 Å². The maximum atomic E-state index is 9.49. The number of carbonyl (C=O) groups is 1. The van der Waals surface area contributed by atoms with Crippen LogP contribution in [0.4, 0.5) is 0 Å². The van der Waals surface area contributed by atoms with E-state index in [2.05, 4.69) is 0 Å². The van der Waals surface area contributed by atoms with Crippen molar-refractivity contribution in [1.82, 2.24) is 0 Å². The number of rotatable bonds is 0. The van der Waals surface area contributed by atoms with Gasteiger partial charge in [0.15, 0.2) is 0 Å². The summed E-state index contributed by atoms with van der Waals surface area (Å²) < 4.78 is 0.278. The van der Waals surface area contributed by atoms with Crippen molar-refractivity contribution in [2.24, 2.45) is 0 Å². The van der Waals surface area contributed by atoms with Crippen LogP contribution < -0.4 is 0 Å². The average Bonchev–Trinajstić information content (AvgIpc) is 0.811. The SMILES string of the molecule is C[C](=O)[Ta]. The fourth-order valence-electron chi connectivity index (χ4n) is 0. The van der Waals surface area contributed by atoms with Crippen molar-refractivity contribution < 1.29 is 25.9 Å². The Hall–Kier alpha value is 0.410. The van der Waals surface area contributed by atoms with Gasteiger partial charge in [-0.05, 0) is 0 Å². The van der Waals surface area contributed by atoms with E-state index in [9.17, 15) is 4.79 Å². The van der Waals surface area contributed by atoms with Crippen LogP contribution in [0.5, 0.6) is 0 Å². The van der Waals surface area contributed by atoms with Crippen LogP contribution in [0.1, 0.15) is 6.92 Å². The molecule has 0 aromatic heterocycles. The van der Waals surface area contributed by atoms with E-state index in [1.165, 1.54) is 0 Å². The fraction of sp³-hybridized carbons (Fsp3) is 0.500. The monoisotopic (exact) mass is 224 g/mol. The van der Waals surface area contributed by atoms with Gasteiger partial charge in [-0.15, -0.1) is 0 Å². The van der Waals surface area contributed by atoms with Crippen molar-refractivity contribution in [2.45, 2.75) is 6.92 Å². The molecule has 0 heterocycles. The van der Waals surface area contributed by atoms with Gasteiger partial charge < -0.3 is 0 Å². The zero-order valence-corrected chi connectivity index (χ0v) is 5.57. The molecule has 0 bridgehead atoms. The molecule has 0 saturated carbocycles. The molecular weight excluding hydrogens is 221 g/mol. The molecule has 4 heavy (non-hydrogen) atoms. The van der Waals surface area contributed by atoms with Crippen molar-refractivity contribution in [1.29, 1.82) is 0 Å². The van der Waals surface area contributed by atoms with E-state index in [-0.39, 0.29) is 4.00 Å². The third-order valence-corrected chi connectivity index (χ3v) is 0. The summed E-state index contributed by atoms with van der Waals surface area (Å²) in [5, 5.41) is 0. The van der Waals surface area contributed by atoms with Crippen molar-refractivity contribution in [2.75, 3.05) is 0 Å². The summed E-state index contributed by atoms with van der Waals surface area (Å²) in [6.45, 7) is 1.58. The Morgan fingerprint density at radius 1 is 2.00 bits per heavy atom. The molecule has 22 valence electrons. The summed E-state index contributed by atoms with van der Waals surface area (Å²) in [6.07, 6.45) is 0. The molecule has 0 unspecified atom stereocenters. The van der Waals surface area contributed by atoms with Gasteiger partial charge in [-0.25, -0.2) is 0 Å². The van der Waals surface area contributed by atoms with Gasteiger partial charge in [0.25, 0.3) is 0 Å². The fourth-order valence-corrected chi connectivity index (χ4v) is 0. The summed E-state index contributed by atoms with van der Waals surface area (Å²) in [4.78, 5) is 9.49. The summed E-state index contributed by atoms with van der Waals surface area (Å²) in [7, 11) is 0. The van der Waals surface area contributed by atoms with Crippen LogP contribution in [0.2, 0.25) is 0 Å². The van der Waals surface area contributed by atoms with Crippen molar-refractivity contribution in [3.8, 4) is 0 Å². The summed E-state index contributed by atoms with van der Waals surface area (Å²) >= 11 is 0.873. The summed E-state index contributed by atoms with van der Waals surface area (Å²) in [6, 6.07) is 0. The second kappa shape index (κ2) is 1.70. The summed E-state index contributed by atoms with van der Waals surface area (Å²) in [5.41, 5.74) is 0. The normalized spacial score (nSPS) is 6.25. The molecule has 0 atom stereocenters. The second-order valence-electron chi connectivity index (χ2n) is 0.519. The van der Waals surface area contributed by atoms with Crippen LogP contribution in [0, 0.1) is 0 Å². The average molecular weight is 224 g/mol. The Kier molecular flexibility index (Phi) is 1.88. The van der Waals surface area contributed by atoms with E-state index in [0.29, 0.717) is 0 Å². The molecule has 1 nitrogen and oxygen atoms in total. The van der Waals surface area contributed by atoms with Crippen LogP contribution in [-0.4, -0.2) is 4.00 Å². The molecule has 0 fully saturated rings. The van der Waals surface area contributed by atoms with Crippen molar-refractivity contribution in [3.63, 3.8) is 0 Å². The van der Waals surface area contributed by atoms with Crippen molar-refractivity contribution in [3.05, 3.63) is 0 Å². The van der Waals surface area contributed by atoms with Gasteiger partial charge in [0.2, 0.25) is 0 Å². The van der Waals surface area contributed by atoms with Crippen molar-refractivity contribution >= 4 is 4.00 Å². The Bertz CT molecular complexity index is 29.0. The first kappa shape index (κ1) is 4.41. The molecule has 0 radical (unpaired) electrons. The van der Waals surface area contributed by atoms with Crippen LogP contribution >= 0.6 is 0 Å². The van der Waals surface area contributed by atoms with Gasteiger partial charge in [0, 0.05) is 0 Å². The van der Waals surface area contributed by atoms with E-state index < -0.39 is 0 Å². The van der Waals surface area contributed by atoms with E-state index in [1.807, 2.05) is 0 Å². The van der Waals surface area contributed by atoms with E-state index in [4.69, 9.17) is 0 Å². The van der Waals surface area contributed by atoms with E-state index in [0.717, 1.165) is 21.1 Å². The maximum absolute atomic E-state index is 9.49. The Morgan fingerprint density at radius 2 is 2.00 bits per heavy atom. The minimum atomic E-state index is 0.278. The van der Waals surface area contributed by atoms with Gasteiger partial charge in [-0.1, -0.05) is 0 Å². The Morgan fingerprint density at radius 3 is 2.00 bits per heavy atom. The zero-order valence-electron chi connectivity index (χ0n) is 2.36. The summed E-state index contributed by atoms with van der Waals surface area (Å²) in [5.74, 6) is 0. The topological polar surface area (TPSA) is 17.1 Å². The molecule has 0 aliphatic carbocycles. The molecular formula is C2H3OTa. The minimum absolute atomic E-state index is 0.278. The third-order valence-electron chi connectivity index (χ3n) is 0. The Balaban J connectivity index is 2.80. The first-order valence-electron chi connectivity index (χ1n) is 0.928. The van der Waals surface area contributed by atoms with Gasteiger partial charge in [0.1, 0.15) is 0 Å². The molecule has 0 aromatic carbocycles. The molecule has 0 spiro atoms. The second-order valence-corrected chi connectivity index (χ2v) is 2.78. The van der Waals surface area contributed by atoms with Gasteiger partial charge in [-0.3, -0.25) is 0 Å². The Labute approximate surface area is 37.3 Å². The molecule has 0 rings (SSSR count). The van der Waals surface area contributed by atoms with Crippen LogP contribution in [0.15, 0.2) is 0 Å². The molecule has 0 aliphatic heterocycles. The predicted molar refractivity (Wildman–Crippen MR) is 10.7 cm³/mol. The van der Waals surface area contributed by atoms with Gasteiger partial charge in [-0.2, -0.15) is 0 Å². The molecule has 0 aromatic rings. The third kappa shape index (κ3) is 28.5. The molecule has 0 saturated heterocycles. The van der Waals surface area contributed by atoms with Crippen LogP contribution in [0.3, 0.4) is 0 Å². The first-order valence-corrected chi connectivity index (χ1v) is 2.53. The van der Waals surface area contributed by atoms with E-state index >= 15 is 0 Å². The quantitative estimate of drug-likeness (QED) is 0.569.